The highest BCUT2D eigenvalue weighted by Gasteiger charge is 2.32. The normalized spacial score (nSPS) is 23.3. The zero-order valence-corrected chi connectivity index (χ0v) is 10.2. The van der Waals surface area contributed by atoms with Gasteiger partial charge >= 0.3 is 0 Å². The number of aromatic nitrogens is 2. The number of amides is 1. The lowest BCUT2D eigenvalue weighted by atomic mass is 9.92. The van der Waals surface area contributed by atoms with E-state index < -0.39 is 0 Å². The van der Waals surface area contributed by atoms with Gasteiger partial charge in [-0.05, 0) is 30.7 Å². The summed E-state index contributed by atoms with van der Waals surface area (Å²) in [4.78, 5) is 11.9. The Bertz CT molecular complexity index is 395. The van der Waals surface area contributed by atoms with Crippen LogP contribution in [0, 0.1) is 5.41 Å². The van der Waals surface area contributed by atoms with Crippen LogP contribution in [0.4, 0.5) is 0 Å². The molecule has 0 aromatic carbocycles. The van der Waals surface area contributed by atoms with Crippen LogP contribution in [0.1, 0.15) is 43.6 Å². The Morgan fingerprint density at radius 1 is 1.62 bits per heavy atom. The Morgan fingerprint density at radius 2 is 2.38 bits per heavy atom. The molecule has 1 heterocycles. The van der Waals surface area contributed by atoms with Crippen LogP contribution in [0.5, 0.6) is 0 Å². The largest absolute Gasteiger partial charge is 0.348 e. The predicted molar refractivity (Wildman–Crippen MR) is 62.1 cm³/mol. The quantitative estimate of drug-likeness (QED) is 0.826. The van der Waals surface area contributed by atoms with E-state index in [0.717, 1.165) is 12.8 Å². The average Bonchev–Trinajstić information content (AvgIpc) is 2.72. The first kappa shape index (κ1) is 11.2. The molecule has 0 saturated heterocycles. The summed E-state index contributed by atoms with van der Waals surface area (Å²) in [6.07, 6.45) is 4.98. The fourth-order valence-corrected chi connectivity index (χ4v) is 2.42. The molecular formula is C12H19N3O. The Labute approximate surface area is 96.0 Å². The number of nitrogens with one attached hydrogen (secondary N) is 1. The first-order chi connectivity index (χ1) is 7.48. The summed E-state index contributed by atoms with van der Waals surface area (Å²) in [5.41, 5.74) is 0.995. The predicted octanol–water partition coefficient (Wildman–Crippen LogP) is 1.73. The second kappa shape index (κ2) is 3.92. The highest BCUT2D eigenvalue weighted by Crippen LogP contribution is 2.36. The van der Waals surface area contributed by atoms with Crippen molar-refractivity contribution in [1.82, 2.24) is 15.1 Å². The number of carbonyl (C=O) groups excluding carboxylic acids is 1. The van der Waals surface area contributed by atoms with Crippen LogP contribution in [0.3, 0.4) is 0 Å². The zero-order valence-electron chi connectivity index (χ0n) is 10.2. The molecule has 4 heteroatoms. The lowest BCUT2D eigenvalue weighted by Gasteiger charge is -2.17. The summed E-state index contributed by atoms with van der Waals surface area (Å²) in [6, 6.07) is 2.06. The molecule has 16 heavy (non-hydrogen) atoms. The van der Waals surface area contributed by atoms with Gasteiger partial charge in [-0.15, -0.1) is 0 Å². The van der Waals surface area contributed by atoms with E-state index in [1.54, 1.807) is 24.0 Å². The van der Waals surface area contributed by atoms with E-state index in [1.807, 2.05) is 0 Å². The van der Waals surface area contributed by atoms with Crippen LogP contribution in [-0.2, 0) is 7.05 Å². The topological polar surface area (TPSA) is 46.9 Å². The average molecular weight is 221 g/mol. The molecule has 1 saturated carbocycles. The van der Waals surface area contributed by atoms with Crippen LogP contribution in [0.25, 0.3) is 0 Å². The standard InChI is InChI=1S/C12H19N3O/c1-12(2)6-4-9(8-12)14-11(16)10-5-7-13-15(10)3/h5,7,9H,4,6,8H2,1-3H3,(H,14,16). The molecule has 1 aromatic rings. The number of carbonyl (C=O) groups is 1. The third-order valence-corrected chi connectivity index (χ3v) is 3.36. The van der Waals surface area contributed by atoms with Gasteiger partial charge in [-0.2, -0.15) is 5.10 Å². The van der Waals surface area contributed by atoms with Crippen LogP contribution >= 0.6 is 0 Å². The van der Waals surface area contributed by atoms with Gasteiger partial charge in [-0.25, -0.2) is 0 Å². The van der Waals surface area contributed by atoms with E-state index in [2.05, 4.69) is 24.3 Å². The zero-order chi connectivity index (χ0) is 11.8. The maximum Gasteiger partial charge on any atom is 0.269 e. The van der Waals surface area contributed by atoms with Crippen molar-refractivity contribution in [3.63, 3.8) is 0 Å². The Hall–Kier alpha value is -1.32. The SMILES string of the molecule is Cn1nccc1C(=O)NC1CCC(C)(C)C1. The number of hydrogen-bond acceptors (Lipinski definition) is 2. The van der Waals surface area contributed by atoms with Crippen molar-refractivity contribution in [2.75, 3.05) is 0 Å². The van der Waals surface area contributed by atoms with Gasteiger partial charge in [-0.3, -0.25) is 9.48 Å². The van der Waals surface area contributed by atoms with Crippen molar-refractivity contribution >= 4 is 5.91 Å². The van der Waals surface area contributed by atoms with E-state index >= 15 is 0 Å². The smallest absolute Gasteiger partial charge is 0.269 e. The molecule has 1 unspecified atom stereocenters. The second-order valence-corrected chi connectivity index (χ2v) is 5.42. The summed E-state index contributed by atoms with van der Waals surface area (Å²) >= 11 is 0. The molecule has 1 aliphatic carbocycles. The molecule has 1 atom stereocenters. The van der Waals surface area contributed by atoms with E-state index in [1.165, 1.54) is 6.42 Å². The van der Waals surface area contributed by atoms with Crippen molar-refractivity contribution in [2.45, 2.75) is 39.2 Å². The summed E-state index contributed by atoms with van der Waals surface area (Å²) in [5.74, 6) is -0.0114. The van der Waals surface area contributed by atoms with Crippen LogP contribution in [-0.4, -0.2) is 21.7 Å². The fourth-order valence-electron chi connectivity index (χ4n) is 2.42. The van der Waals surface area contributed by atoms with E-state index in [9.17, 15) is 4.79 Å². The Balaban J connectivity index is 1.97. The molecule has 88 valence electrons. The number of aryl methyl sites for hydroxylation is 1. The summed E-state index contributed by atoms with van der Waals surface area (Å²) in [6.45, 7) is 4.51. The lowest BCUT2D eigenvalue weighted by molar-refractivity contribution is 0.0926. The Kier molecular flexibility index (Phi) is 2.74. The first-order valence-corrected chi connectivity index (χ1v) is 5.77. The molecule has 1 N–H and O–H groups in total. The third-order valence-electron chi connectivity index (χ3n) is 3.36. The van der Waals surface area contributed by atoms with Crippen LogP contribution in [0.2, 0.25) is 0 Å². The van der Waals surface area contributed by atoms with Crippen LogP contribution in [0.15, 0.2) is 12.3 Å². The summed E-state index contributed by atoms with van der Waals surface area (Å²) in [5, 5.41) is 7.07. The highest BCUT2D eigenvalue weighted by molar-refractivity contribution is 5.92. The maximum atomic E-state index is 11.9. The third kappa shape index (κ3) is 2.26. The molecule has 0 spiro atoms. The molecule has 2 rings (SSSR count). The van der Waals surface area contributed by atoms with Crippen molar-refractivity contribution in [2.24, 2.45) is 12.5 Å². The van der Waals surface area contributed by atoms with Gasteiger partial charge in [0.05, 0.1) is 0 Å². The molecule has 0 radical (unpaired) electrons. The molecule has 1 fully saturated rings. The first-order valence-electron chi connectivity index (χ1n) is 5.77. The molecule has 0 aliphatic heterocycles. The lowest BCUT2D eigenvalue weighted by Crippen LogP contribution is -2.34. The fraction of sp³-hybridized carbons (Fsp3) is 0.667. The van der Waals surface area contributed by atoms with Crippen LogP contribution < -0.4 is 5.32 Å². The molecule has 1 aromatic heterocycles. The van der Waals surface area contributed by atoms with Gasteiger partial charge in [0.2, 0.25) is 0 Å². The highest BCUT2D eigenvalue weighted by atomic mass is 16.2. The Morgan fingerprint density at radius 3 is 2.88 bits per heavy atom. The minimum Gasteiger partial charge on any atom is -0.348 e. The van der Waals surface area contributed by atoms with Gasteiger partial charge in [0, 0.05) is 19.3 Å². The summed E-state index contributed by atoms with van der Waals surface area (Å²) in [7, 11) is 1.79. The number of rotatable bonds is 2. The van der Waals surface area contributed by atoms with Gasteiger partial charge in [0.25, 0.3) is 5.91 Å². The molecule has 1 aliphatic rings. The minimum absolute atomic E-state index is 0.0114. The minimum atomic E-state index is -0.0114. The molecule has 0 bridgehead atoms. The van der Waals surface area contributed by atoms with Gasteiger partial charge < -0.3 is 5.32 Å². The second-order valence-electron chi connectivity index (χ2n) is 5.42. The molecular weight excluding hydrogens is 202 g/mol. The van der Waals surface area contributed by atoms with Crippen molar-refractivity contribution in [3.8, 4) is 0 Å². The number of hydrogen-bond donors (Lipinski definition) is 1. The summed E-state index contributed by atoms with van der Waals surface area (Å²) < 4.78 is 1.61. The van der Waals surface area contributed by atoms with E-state index in [4.69, 9.17) is 0 Å². The molecule has 4 nitrogen and oxygen atoms in total. The van der Waals surface area contributed by atoms with Gasteiger partial charge in [0.15, 0.2) is 0 Å². The van der Waals surface area contributed by atoms with Gasteiger partial charge in [0.1, 0.15) is 5.69 Å². The van der Waals surface area contributed by atoms with Crippen molar-refractivity contribution in [3.05, 3.63) is 18.0 Å². The van der Waals surface area contributed by atoms with E-state index in [0.29, 0.717) is 17.2 Å². The van der Waals surface area contributed by atoms with Gasteiger partial charge in [-0.1, -0.05) is 13.8 Å². The van der Waals surface area contributed by atoms with Crippen molar-refractivity contribution in [1.29, 1.82) is 0 Å². The number of nitrogens with zero attached hydrogens (tertiary/aromatic N) is 2. The molecule has 1 amide bonds. The monoisotopic (exact) mass is 221 g/mol. The van der Waals surface area contributed by atoms with E-state index in [-0.39, 0.29) is 5.91 Å². The van der Waals surface area contributed by atoms with Crippen molar-refractivity contribution < 1.29 is 4.79 Å². The maximum absolute atomic E-state index is 11.9.